The van der Waals surface area contributed by atoms with Crippen LogP contribution in [-0.2, 0) is 11.3 Å². The molecule has 37 heavy (non-hydrogen) atoms. The summed E-state index contributed by atoms with van der Waals surface area (Å²) in [7, 11) is 1.71. The molecule has 0 bridgehead atoms. The average Bonchev–Trinajstić information content (AvgIpc) is 3.06. The number of nitrogens with one attached hydrogen (secondary N) is 2. The molecular weight excluding hydrogens is 580 g/mol. The SMILES string of the molecule is CN1Cc2ccc(NC(=O)c3cc(NC(=O)C(c4cc(Cl)cc(Cl)c4)C(C)(Cl)Cl)ccc3Cl)cc2C1=O. The van der Waals surface area contributed by atoms with Crippen molar-refractivity contribution in [3.05, 3.63) is 91.9 Å². The minimum atomic E-state index is -1.51. The van der Waals surface area contributed by atoms with Crippen molar-refractivity contribution >= 4 is 87.1 Å². The number of alkyl halides is 2. The van der Waals surface area contributed by atoms with Gasteiger partial charge in [0.15, 0.2) is 0 Å². The number of rotatable bonds is 6. The van der Waals surface area contributed by atoms with E-state index in [2.05, 4.69) is 10.6 Å². The fourth-order valence-electron chi connectivity index (χ4n) is 4.13. The largest absolute Gasteiger partial charge is 0.337 e. The molecule has 0 aromatic heterocycles. The fraction of sp³-hybridized carbons (Fsp3) is 0.192. The average molecular weight is 600 g/mol. The lowest BCUT2D eigenvalue weighted by molar-refractivity contribution is -0.117. The van der Waals surface area contributed by atoms with Crippen molar-refractivity contribution < 1.29 is 14.4 Å². The Morgan fingerprint density at radius 3 is 2.19 bits per heavy atom. The van der Waals surface area contributed by atoms with Gasteiger partial charge in [0.25, 0.3) is 11.8 Å². The van der Waals surface area contributed by atoms with Crippen molar-refractivity contribution in [3.8, 4) is 0 Å². The lowest BCUT2D eigenvalue weighted by Crippen LogP contribution is -2.32. The van der Waals surface area contributed by atoms with Gasteiger partial charge in [-0.2, -0.15) is 0 Å². The van der Waals surface area contributed by atoms with Gasteiger partial charge in [-0.3, -0.25) is 14.4 Å². The molecule has 0 aliphatic carbocycles. The van der Waals surface area contributed by atoms with Gasteiger partial charge in [0.2, 0.25) is 5.91 Å². The second kappa shape index (κ2) is 10.7. The van der Waals surface area contributed by atoms with Crippen LogP contribution in [0.15, 0.2) is 54.6 Å². The van der Waals surface area contributed by atoms with Gasteiger partial charge in [0, 0.05) is 40.6 Å². The molecule has 11 heteroatoms. The van der Waals surface area contributed by atoms with Crippen LogP contribution >= 0.6 is 58.0 Å². The number of nitrogens with zero attached hydrogens (tertiary/aromatic N) is 1. The summed E-state index contributed by atoms with van der Waals surface area (Å²) in [6, 6.07) is 14.2. The molecule has 0 fully saturated rings. The van der Waals surface area contributed by atoms with Crippen molar-refractivity contribution in [3.63, 3.8) is 0 Å². The third kappa shape index (κ3) is 6.16. The van der Waals surface area contributed by atoms with E-state index in [1.807, 2.05) is 0 Å². The molecule has 1 aliphatic rings. The van der Waals surface area contributed by atoms with Gasteiger partial charge in [0.1, 0.15) is 4.33 Å². The van der Waals surface area contributed by atoms with E-state index < -0.39 is 22.1 Å². The van der Waals surface area contributed by atoms with Gasteiger partial charge in [0.05, 0.1) is 16.5 Å². The maximum Gasteiger partial charge on any atom is 0.257 e. The van der Waals surface area contributed by atoms with E-state index in [4.69, 9.17) is 58.0 Å². The van der Waals surface area contributed by atoms with E-state index in [0.29, 0.717) is 39.1 Å². The number of amides is 3. The van der Waals surface area contributed by atoms with Crippen LogP contribution in [0.4, 0.5) is 11.4 Å². The molecule has 0 saturated carbocycles. The van der Waals surface area contributed by atoms with Crippen LogP contribution < -0.4 is 10.6 Å². The Bertz CT molecular complexity index is 1400. The summed E-state index contributed by atoms with van der Waals surface area (Å²) in [5.74, 6) is -2.21. The topological polar surface area (TPSA) is 78.5 Å². The summed E-state index contributed by atoms with van der Waals surface area (Å²) in [4.78, 5) is 40.2. The summed E-state index contributed by atoms with van der Waals surface area (Å²) in [5.41, 5.74) is 2.69. The Balaban J connectivity index is 1.57. The minimum absolute atomic E-state index is 0.116. The highest BCUT2D eigenvalue weighted by atomic mass is 35.5. The first-order valence-corrected chi connectivity index (χ1v) is 12.9. The number of anilines is 2. The minimum Gasteiger partial charge on any atom is -0.337 e. The Hall–Kier alpha value is -2.48. The molecular formula is C26H20Cl5N3O3. The molecule has 3 amide bonds. The third-order valence-corrected chi connectivity index (χ3v) is 7.02. The zero-order valence-electron chi connectivity index (χ0n) is 19.5. The van der Waals surface area contributed by atoms with Crippen molar-refractivity contribution in [1.82, 2.24) is 4.90 Å². The van der Waals surface area contributed by atoms with E-state index in [0.717, 1.165) is 5.56 Å². The molecule has 2 N–H and O–H groups in total. The third-order valence-electron chi connectivity index (χ3n) is 5.82. The maximum atomic E-state index is 13.3. The first-order chi connectivity index (χ1) is 17.3. The van der Waals surface area contributed by atoms with Gasteiger partial charge in [-0.15, -0.1) is 23.2 Å². The molecule has 1 heterocycles. The van der Waals surface area contributed by atoms with Gasteiger partial charge < -0.3 is 15.5 Å². The highest BCUT2D eigenvalue weighted by Crippen LogP contribution is 2.40. The maximum absolute atomic E-state index is 13.3. The van der Waals surface area contributed by atoms with E-state index in [9.17, 15) is 14.4 Å². The van der Waals surface area contributed by atoms with E-state index in [1.54, 1.807) is 48.3 Å². The lowest BCUT2D eigenvalue weighted by Gasteiger charge is -2.26. The van der Waals surface area contributed by atoms with Crippen LogP contribution in [0, 0.1) is 0 Å². The van der Waals surface area contributed by atoms with Gasteiger partial charge in [-0.1, -0.05) is 40.9 Å². The quantitative estimate of drug-likeness (QED) is 0.290. The molecule has 1 unspecified atom stereocenters. The Morgan fingerprint density at radius 2 is 1.54 bits per heavy atom. The number of hydrogen-bond acceptors (Lipinski definition) is 3. The Morgan fingerprint density at radius 1 is 0.919 bits per heavy atom. The van der Waals surface area contributed by atoms with Gasteiger partial charge >= 0.3 is 0 Å². The van der Waals surface area contributed by atoms with Crippen LogP contribution in [0.25, 0.3) is 0 Å². The summed E-state index contributed by atoms with van der Waals surface area (Å²) >= 11 is 31.2. The zero-order valence-corrected chi connectivity index (χ0v) is 23.3. The lowest BCUT2D eigenvalue weighted by atomic mass is 9.94. The molecule has 1 aliphatic heterocycles. The van der Waals surface area contributed by atoms with Crippen LogP contribution in [-0.4, -0.2) is 34.0 Å². The first-order valence-electron chi connectivity index (χ1n) is 11.0. The monoisotopic (exact) mass is 597 g/mol. The molecule has 1 atom stereocenters. The van der Waals surface area contributed by atoms with Crippen molar-refractivity contribution in [2.45, 2.75) is 23.7 Å². The number of benzene rings is 3. The molecule has 192 valence electrons. The smallest absolute Gasteiger partial charge is 0.257 e. The molecule has 0 radical (unpaired) electrons. The summed E-state index contributed by atoms with van der Waals surface area (Å²) in [5, 5.41) is 6.30. The summed E-state index contributed by atoms with van der Waals surface area (Å²) in [6.07, 6.45) is 0. The van der Waals surface area contributed by atoms with Gasteiger partial charge in [-0.25, -0.2) is 0 Å². The zero-order chi connectivity index (χ0) is 27.1. The fourth-order valence-corrected chi connectivity index (χ4v) is 5.33. The van der Waals surface area contributed by atoms with Crippen LogP contribution in [0.2, 0.25) is 15.1 Å². The van der Waals surface area contributed by atoms with E-state index in [-0.39, 0.29) is 16.5 Å². The van der Waals surface area contributed by atoms with Crippen LogP contribution in [0.3, 0.4) is 0 Å². The molecule has 0 spiro atoms. The first kappa shape index (κ1) is 27.6. The Labute approximate surface area is 238 Å². The highest BCUT2D eigenvalue weighted by molar-refractivity contribution is 6.50. The standard InChI is InChI=1S/C26H20Cl5N3O3/c1-26(30,31)22(14-7-15(27)9-16(28)8-14)24(36)33-18-5-6-21(29)20(11-18)23(35)32-17-4-3-13-12-34(2)25(37)19(13)10-17/h3-11,22H,12H2,1-2H3,(H,32,35)(H,33,36). The molecule has 4 rings (SSSR count). The van der Waals surface area contributed by atoms with E-state index in [1.165, 1.54) is 25.1 Å². The van der Waals surface area contributed by atoms with Crippen molar-refractivity contribution in [1.29, 1.82) is 0 Å². The predicted molar refractivity (Wildman–Crippen MR) is 150 cm³/mol. The molecule has 3 aromatic carbocycles. The second-order valence-electron chi connectivity index (χ2n) is 8.76. The number of hydrogen-bond donors (Lipinski definition) is 2. The predicted octanol–water partition coefficient (Wildman–Crippen LogP) is 7.40. The number of carbonyl (C=O) groups is 3. The van der Waals surface area contributed by atoms with Crippen LogP contribution in [0.5, 0.6) is 0 Å². The van der Waals surface area contributed by atoms with Crippen molar-refractivity contribution in [2.75, 3.05) is 17.7 Å². The molecule has 3 aromatic rings. The number of fused-ring (bicyclic) bond motifs is 1. The summed E-state index contributed by atoms with van der Waals surface area (Å²) in [6.45, 7) is 2.00. The number of halogens is 5. The molecule has 6 nitrogen and oxygen atoms in total. The molecule has 0 saturated heterocycles. The normalized spacial score (nSPS) is 13.8. The number of carbonyl (C=O) groups excluding carboxylic acids is 3. The van der Waals surface area contributed by atoms with Gasteiger partial charge in [-0.05, 0) is 66.6 Å². The summed E-state index contributed by atoms with van der Waals surface area (Å²) < 4.78 is -1.51. The Kier molecular flexibility index (Phi) is 7.98. The van der Waals surface area contributed by atoms with Crippen molar-refractivity contribution in [2.24, 2.45) is 0 Å². The van der Waals surface area contributed by atoms with E-state index >= 15 is 0 Å². The van der Waals surface area contributed by atoms with Crippen LogP contribution in [0.1, 0.15) is 44.7 Å². The second-order valence-corrected chi connectivity index (χ2v) is 11.8. The highest BCUT2D eigenvalue weighted by Gasteiger charge is 2.38.